The standard InChI is InChI=1S/C11H23NO2/c1-10(2)14-9-8-12(4)7-5-6-11(3)13/h10H,5-9H2,1-4H3. The summed E-state index contributed by atoms with van der Waals surface area (Å²) in [6, 6.07) is 0. The highest BCUT2D eigenvalue weighted by atomic mass is 16.5. The number of hydrogen-bond donors (Lipinski definition) is 0. The maximum absolute atomic E-state index is 10.7. The highest BCUT2D eigenvalue weighted by Crippen LogP contribution is 1.95. The Bertz CT molecular complexity index is 157. The molecule has 0 amide bonds. The van der Waals surface area contributed by atoms with Crippen LogP contribution in [0.25, 0.3) is 0 Å². The number of Topliss-reactive ketones (excluding diaryl/α,β-unsaturated/α-hetero) is 1. The number of ether oxygens (including phenoxy) is 1. The first-order chi connectivity index (χ1) is 6.52. The number of carbonyl (C=O) groups is 1. The van der Waals surface area contributed by atoms with Gasteiger partial charge in [-0.15, -0.1) is 0 Å². The van der Waals surface area contributed by atoms with Crippen LogP contribution in [0, 0.1) is 0 Å². The fourth-order valence-corrected chi connectivity index (χ4v) is 1.15. The zero-order valence-electron chi connectivity index (χ0n) is 9.88. The second-order valence-corrected chi connectivity index (χ2v) is 4.03. The van der Waals surface area contributed by atoms with Crippen molar-refractivity contribution in [1.29, 1.82) is 0 Å². The van der Waals surface area contributed by atoms with Crippen molar-refractivity contribution in [3.63, 3.8) is 0 Å². The highest BCUT2D eigenvalue weighted by Gasteiger charge is 2.00. The fourth-order valence-electron chi connectivity index (χ4n) is 1.15. The predicted octanol–water partition coefficient (Wildman–Crippen LogP) is 1.71. The summed E-state index contributed by atoms with van der Waals surface area (Å²) in [5.41, 5.74) is 0. The molecule has 0 aliphatic heterocycles. The summed E-state index contributed by atoms with van der Waals surface area (Å²) < 4.78 is 5.43. The van der Waals surface area contributed by atoms with Crippen molar-refractivity contribution in [3.05, 3.63) is 0 Å². The molecule has 3 heteroatoms. The average molecular weight is 201 g/mol. The molecular weight excluding hydrogens is 178 g/mol. The molecular formula is C11H23NO2. The highest BCUT2D eigenvalue weighted by molar-refractivity contribution is 5.75. The number of rotatable bonds is 8. The summed E-state index contributed by atoms with van der Waals surface area (Å²) in [7, 11) is 2.06. The minimum atomic E-state index is 0.275. The van der Waals surface area contributed by atoms with E-state index in [9.17, 15) is 4.79 Å². The van der Waals surface area contributed by atoms with Gasteiger partial charge in [0.15, 0.2) is 0 Å². The van der Waals surface area contributed by atoms with E-state index in [1.54, 1.807) is 6.92 Å². The Morgan fingerprint density at radius 3 is 2.50 bits per heavy atom. The van der Waals surface area contributed by atoms with E-state index in [-0.39, 0.29) is 5.78 Å². The van der Waals surface area contributed by atoms with Gasteiger partial charge in [0.05, 0.1) is 12.7 Å². The molecule has 0 spiro atoms. The summed E-state index contributed by atoms with van der Waals surface area (Å²) in [4.78, 5) is 12.9. The van der Waals surface area contributed by atoms with Crippen LogP contribution >= 0.6 is 0 Å². The third-order valence-corrected chi connectivity index (χ3v) is 1.99. The summed E-state index contributed by atoms with van der Waals surface area (Å²) in [6.45, 7) is 8.40. The lowest BCUT2D eigenvalue weighted by Crippen LogP contribution is -2.25. The van der Waals surface area contributed by atoms with Gasteiger partial charge < -0.3 is 14.4 Å². The van der Waals surface area contributed by atoms with Crippen LogP contribution in [0.2, 0.25) is 0 Å². The molecule has 0 saturated carbocycles. The lowest BCUT2D eigenvalue weighted by Gasteiger charge is -2.17. The first-order valence-corrected chi connectivity index (χ1v) is 5.32. The number of carbonyl (C=O) groups excluding carboxylic acids is 1. The molecule has 0 N–H and O–H groups in total. The Morgan fingerprint density at radius 1 is 1.36 bits per heavy atom. The molecule has 0 aromatic carbocycles. The summed E-state index contributed by atoms with van der Waals surface area (Å²) >= 11 is 0. The topological polar surface area (TPSA) is 29.5 Å². The molecule has 0 aromatic rings. The molecule has 0 unspecified atom stereocenters. The lowest BCUT2D eigenvalue weighted by atomic mass is 10.2. The molecule has 14 heavy (non-hydrogen) atoms. The average Bonchev–Trinajstić information content (AvgIpc) is 2.02. The monoisotopic (exact) mass is 201 g/mol. The molecule has 0 rings (SSSR count). The van der Waals surface area contributed by atoms with Crippen LogP contribution in [0.15, 0.2) is 0 Å². The molecule has 0 bridgehead atoms. The van der Waals surface area contributed by atoms with E-state index in [1.165, 1.54) is 0 Å². The third-order valence-electron chi connectivity index (χ3n) is 1.99. The second-order valence-electron chi connectivity index (χ2n) is 4.03. The van der Waals surface area contributed by atoms with Crippen LogP contribution in [0.5, 0.6) is 0 Å². The van der Waals surface area contributed by atoms with Gasteiger partial charge in [0.1, 0.15) is 5.78 Å². The largest absolute Gasteiger partial charge is 0.377 e. The van der Waals surface area contributed by atoms with Gasteiger partial charge in [0.2, 0.25) is 0 Å². The van der Waals surface area contributed by atoms with Crippen LogP contribution in [-0.4, -0.2) is 43.5 Å². The van der Waals surface area contributed by atoms with E-state index >= 15 is 0 Å². The van der Waals surface area contributed by atoms with Crippen LogP contribution in [0.3, 0.4) is 0 Å². The van der Waals surface area contributed by atoms with Gasteiger partial charge in [-0.05, 0) is 40.8 Å². The molecule has 0 saturated heterocycles. The van der Waals surface area contributed by atoms with Crippen LogP contribution in [0.1, 0.15) is 33.6 Å². The van der Waals surface area contributed by atoms with Gasteiger partial charge in [-0.2, -0.15) is 0 Å². The lowest BCUT2D eigenvalue weighted by molar-refractivity contribution is -0.117. The first kappa shape index (κ1) is 13.6. The summed E-state index contributed by atoms with van der Waals surface area (Å²) in [5.74, 6) is 0.275. The Labute approximate surface area is 87.4 Å². The maximum atomic E-state index is 10.7. The SMILES string of the molecule is CC(=O)CCCN(C)CCOC(C)C. The van der Waals surface area contributed by atoms with Gasteiger partial charge in [-0.3, -0.25) is 0 Å². The van der Waals surface area contributed by atoms with E-state index in [4.69, 9.17) is 4.74 Å². The molecule has 3 nitrogen and oxygen atoms in total. The number of hydrogen-bond acceptors (Lipinski definition) is 3. The predicted molar refractivity (Wildman–Crippen MR) is 58.5 cm³/mol. The van der Waals surface area contributed by atoms with E-state index in [1.807, 2.05) is 13.8 Å². The van der Waals surface area contributed by atoms with Gasteiger partial charge in [0, 0.05) is 13.0 Å². The molecule has 0 atom stereocenters. The molecule has 84 valence electrons. The number of nitrogens with zero attached hydrogens (tertiary/aromatic N) is 1. The Morgan fingerprint density at radius 2 is 2.00 bits per heavy atom. The van der Waals surface area contributed by atoms with E-state index < -0.39 is 0 Å². The molecule has 0 radical (unpaired) electrons. The van der Waals surface area contributed by atoms with Crippen molar-refractivity contribution in [2.24, 2.45) is 0 Å². The Balaban J connectivity index is 3.27. The quantitative estimate of drug-likeness (QED) is 0.599. The van der Waals surface area contributed by atoms with Crippen molar-refractivity contribution in [2.45, 2.75) is 39.7 Å². The van der Waals surface area contributed by atoms with E-state index in [0.29, 0.717) is 12.5 Å². The zero-order chi connectivity index (χ0) is 11.0. The van der Waals surface area contributed by atoms with Crippen LogP contribution in [0.4, 0.5) is 0 Å². The van der Waals surface area contributed by atoms with Crippen LogP contribution < -0.4 is 0 Å². The van der Waals surface area contributed by atoms with Crippen molar-refractivity contribution in [3.8, 4) is 0 Å². The molecule has 0 fully saturated rings. The third kappa shape index (κ3) is 9.68. The minimum Gasteiger partial charge on any atom is -0.377 e. The van der Waals surface area contributed by atoms with Crippen LogP contribution in [-0.2, 0) is 9.53 Å². The summed E-state index contributed by atoms with van der Waals surface area (Å²) in [5, 5.41) is 0. The minimum absolute atomic E-state index is 0.275. The maximum Gasteiger partial charge on any atom is 0.129 e. The smallest absolute Gasteiger partial charge is 0.129 e. The summed E-state index contributed by atoms with van der Waals surface area (Å²) in [6.07, 6.45) is 1.95. The van der Waals surface area contributed by atoms with E-state index in [2.05, 4.69) is 11.9 Å². The normalized spacial score (nSPS) is 11.3. The number of likely N-dealkylation sites (N-methyl/N-ethyl adjacent to an activating group) is 1. The van der Waals surface area contributed by atoms with Gasteiger partial charge in [0.25, 0.3) is 0 Å². The van der Waals surface area contributed by atoms with Gasteiger partial charge in [-0.1, -0.05) is 0 Å². The van der Waals surface area contributed by atoms with Crippen molar-refractivity contribution in [1.82, 2.24) is 4.90 Å². The first-order valence-electron chi connectivity index (χ1n) is 5.32. The second kappa shape index (κ2) is 7.94. The fraction of sp³-hybridized carbons (Fsp3) is 0.909. The van der Waals surface area contributed by atoms with Gasteiger partial charge >= 0.3 is 0 Å². The molecule has 0 aromatic heterocycles. The number of ketones is 1. The van der Waals surface area contributed by atoms with Gasteiger partial charge in [-0.25, -0.2) is 0 Å². The Kier molecular flexibility index (Phi) is 7.71. The van der Waals surface area contributed by atoms with Crippen molar-refractivity contribution < 1.29 is 9.53 Å². The molecule has 0 aliphatic rings. The zero-order valence-corrected chi connectivity index (χ0v) is 9.88. The van der Waals surface area contributed by atoms with Crippen molar-refractivity contribution >= 4 is 5.78 Å². The van der Waals surface area contributed by atoms with E-state index in [0.717, 1.165) is 26.1 Å². The van der Waals surface area contributed by atoms with Crippen molar-refractivity contribution in [2.75, 3.05) is 26.7 Å². The molecule has 0 heterocycles. The Hall–Kier alpha value is -0.410. The molecule has 0 aliphatic carbocycles.